The number of aryl methyl sites for hydroxylation is 1. The number of rotatable bonds is 6. The molecule has 0 saturated heterocycles. The third-order valence-corrected chi connectivity index (χ3v) is 4.70. The highest BCUT2D eigenvalue weighted by atomic mass is 16.4. The Hall–Kier alpha value is -1.35. The number of benzene rings is 1. The standard InChI is InChI=1S/C17H27NO2/c1-6-14(9-16(18)17(19)20)13(5)15-8-7-10(2)11(3)12(15)4/h7-8,13-14,16H,6,9,18H2,1-5H3,(H,19,20). The van der Waals surface area contributed by atoms with Crippen LogP contribution in [0.4, 0.5) is 0 Å². The van der Waals surface area contributed by atoms with E-state index in [9.17, 15) is 4.79 Å². The molecule has 3 nitrogen and oxygen atoms in total. The van der Waals surface area contributed by atoms with Gasteiger partial charge in [-0.2, -0.15) is 0 Å². The number of carbonyl (C=O) groups is 1. The maximum absolute atomic E-state index is 11.0. The summed E-state index contributed by atoms with van der Waals surface area (Å²) in [6, 6.07) is 3.56. The average molecular weight is 277 g/mol. The van der Waals surface area contributed by atoms with E-state index in [2.05, 4.69) is 46.8 Å². The number of aliphatic carboxylic acids is 1. The van der Waals surface area contributed by atoms with Crippen LogP contribution in [-0.4, -0.2) is 17.1 Å². The summed E-state index contributed by atoms with van der Waals surface area (Å²) in [5, 5.41) is 8.99. The Morgan fingerprint density at radius 2 is 1.85 bits per heavy atom. The van der Waals surface area contributed by atoms with Crippen LogP contribution < -0.4 is 5.73 Å². The molecule has 3 N–H and O–H groups in total. The van der Waals surface area contributed by atoms with Gasteiger partial charge < -0.3 is 10.8 Å². The van der Waals surface area contributed by atoms with Gasteiger partial charge in [0.25, 0.3) is 0 Å². The van der Waals surface area contributed by atoms with E-state index in [0.717, 1.165) is 6.42 Å². The predicted molar refractivity (Wildman–Crippen MR) is 83.1 cm³/mol. The lowest BCUT2D eigenvalue weighted by atomic mass is 9.79. The van der Waals surface area contributed by atoms with Crippen molar-refractivity contribution in [2.75, 3.05) is 0 Å². The van der Waals surface area contributed by atoms with Crippen LogP contribution in [0.25, 0.3) is 0 Å². The second-order valence-corrected chi connectivity index (χ2v) is 5.86. The summed E-state index contributed by atoms with van der Waals surface area (Å²) in [5.74, 6) is -0.293. The Bertz CT molecular complexity index is 482. The fourth-order valence-corrected chi connectivity index (χ4v) is 2.88. The zero-order valence-corrected chi connectivity index (χ0v) is 13.2. The molecule has 0 aliphatic rings. The second kappa shape index (κ2) is 6.89. The first kappa shape index (κ1) is 16.7. The zero-order valence-electron chi connectivity index (χ0n) is 13.2. The molecule has 0 aromatic heterocycles. The molecule has 20 heavy (non-hydrogen) atoms. The summed E-state index contributed by atoms with van der Waals surface area (Å²) in [6.07, 6.45) is 1.47. The van der Waals surface area contributed by atoms with E-state index in [-0.39, 0.29) is 0 Å². The van der Waals surface area contributed by atoms with Crippen molar-refractivity contribution >= 4 is 5.97 Å². The normalized spacial score (nSPS) is 15.7. The van der Waals surface area contributed by atoms with E-state index in [4.69, 9.17) is 10.8 Å². The van der Waals surface area contributed by atoms with E-state index in [0.29, 0.717) is 18.3 Å². The lowest BCUT2D eigenvalue weighted by Gasteiger charge is -2.27. The molecule has 1 rings (SSSR count). The Morgan fingerprint density at radius 3 is 2.35 bits per heavy atom. The van der Waals surface area contributed by atoms with Crippen molar-refractivity contribution < 1.29 is 9.90 Å². The molecule has 0 spiro atoms. The van der Waals surface area contributed by atoms with Crippen LogP contribution >= 0.6 is 0 Å². The highest BCUT2D eigenvalue weighted by Crippen LogP contribution is 2.33. The Kier molecular flexibility index (Phi) is 5.75. The van der Waals surface area contributed by atoms with Crippen molar-refractivity contribution in [3.05, 3.63) is 34.4 Å². The van der Waals surface area contributed by atoms with Crippen LogP contribution in [0.1, 0.15) is 54.9 Å². The van der Waals surface area contributed by atoms with Gasteiger partial charge in [-0.1, -0.05) is 32.4 Å². The molecule has 0 radical (unpaired) electrons. The molecule has 0 aliphatic heterocycles. The van der Waals surface area contributed by atoms with E-state index in [1.54, 1.807) is 0 Å². The molecule has 3 atom stereocenters. The van der Waals surface area contributed by atoms with Crippen molar-refractivity contribution in [3.8, 4) is 0 Å². The Labute approximate surface area is 122 Å². The third-order valence-electron chi connectivity index (χ3n) is 4.70. The van der Waals surface area contributed by atoms with Crippen LogP contribution in [0.3, 0.4) is 0 Å². The lowest BCUT2D eigenvalue weighted by molar-refractivity contribution is -0.139. The van der Waals surface area contributed by atoms with Crippen LogP contribution in [0.15, 0.2) is 12.1 Å². The SMILES string of the molecule is CCC(CC(N)C(=O)O)C(C)c1ccc(C)c(C)c1C. The van der Waals surface area contributed by atoms with Gasteiger partial charge in [0.05, 0.1) is 0 Å². The molecule has 3 unspecified atom stereocenters. The first-order valence-corrected chi connectivity index (χ1v) is 7.34. The van der Waals surface area contributed by atoms with Gasteiger partial charge in [-0.15, -0.1) is 0 Å². The molecular formula is C17H27NO2. The minimum atomic E-state index is -0.910. The molecule has 0 heterocycles. The molecule has 1 aromatic carbocycles. The molecule has 0 bridgehead atoms. The molecule has 0 saturated carbocycles. The maximum Gasteiger partial charge on any atom is 0.320 e. The maximum atomic E-state index is 11.0. The second-order valence-electron chi connectivity index (χ2n) is 5.86. The highest BCUT2D eigenvalue weighted by Gasteiger charge is 2.24. The molecule has 0 fully saturated rings. The van der Waals surface area contributed by atoms with E-state index >= 15 is 0 Å². The lowest BCUT2D eigenvalue weighted by Crippen LogP contribution is -2.33. The number of carboxylic acid groups (broad SMARTS) is 1. The molecular weight excluding hydrogens is 250 g/mol. The van der Waals surface area contributed by atoms with Gasteiger partial charge in [0.1, 0.15) is 6.04 Å². The number of hydrogen-bond acceptors (Lipinski definition) is 2. The monoisotopic (exact) mass is 277 g/mol. The Morgan fingerprint density at radius 1 is 1.25 bits per heavy atom. The number of hydrogen-bond donors (Lipinski definition) is 2. The zero-order chi connectivity index (χ0) is 15.4. The summed E-state index contributed by atoms with van der Waals surface area (Å²) in [6.45, 7) is 10.7. The summed E-state index contributed by atoms with van der Waals surface area (Å²) >= 11 is 0. The molecule has 0 aliphatic carbocycles. The van der Waals surface area contributed by atoms with E-state index in [1.807, 2.05) is 0 Å². The van der Waals surface area contributed by atoms with E-state index in [1.165, 1.54) is 22.3 Å². The van der Waals surface area contributed by atoms with Crippen LogP contribution in [0, 0.1) is 26.7 Å². The van der Waals surface area contributed by atoms with Gasteiger partial charge in [-0.05, 0) is 61.3 Å². The molecule has 3 heteroatoms. The topological polar surface area (TPSA) is 63.3 Å². The average Bonchev–Trinajstić information content (AvgIpc) is 2.41. The summed E-state index contributed by atoms with van der Waals surface area (Å²) in [4.78, 5) is 11.0. The summed E-state index contributed by atoms with van der Waals surface area (Å²) < 4.78 is 0. The molecule has 1 aromatic rings. The van der Waals surface area contributed by atoms with Gasteiger partial charge in [0.15, 0.2) is 0 Å². The summed E-state index contributed by atoms with van der Waals surface area (Å²) in [7, 11) is 0. The molecule has 0 amide bonds. The Balaban J connectivity index is 3.00. The summed E-state index contributed by atoms with van der Waals surface area (Å²) in [5.41, 5.74) is 11.0. The fraction of sp³-hybridized carbons (Fsp3) is 0.588. The van der Waals surface area contributed by atoms with Gasteiger partial charge in [-0.3, -0.25) is 4.79 Å². The van der Waals surface area contributed by atoms with Crippen molar-refractivity contribution in [3.63, 3.8) is 0 Å². The van der Waals surface area contributed by atoms with Gasteiger partial charge in [0.2, 0.25) is 0 Å². The van der Waals surface area contributed by atoms with Gasteiger partial charge in [-0.25, -0.2) is 0 Å². The predicted octanol–water partition coefficient (Wildman–Crippen LogP) is 3.54. The number of carboxylic acids is 1. The first-order chi connectivity index (χ1) is 9.29. The first-order valence-electron chi connectivity index (χ1n) is 7.34. The fourth-order valence-electron chi connectivity index (χ4n) is 2.88. The smallest absolute Gasteiger partial charge is 0.320 e. The number of nitrogens with two attached hydrogens (primary N) is 1. The quantitative estimate of drug-likeness (QED) is 0.836. The van der Waals surface area contributed by atoms with Crippen molar-refractivity contribution in [1.82, 2.24) is 0 Å². The molecule has 112 valence electrons. The van der Waals surface area contributed by atoms with Crippen LogP contribution in [0.2, 0.25) is 0 Å². The van der Waals surface area contributed by atoms with Crippen LogP contribution in [-0.2, 0) is 4.79 Å². The minimum absolute atomic E-state index is 0.293. The highest BCUT2D eigenvalue weighted by molar-refractivity contribution is 5.73. The van der Waals surface area contributed by atoms with Crippen molar-refractivity contribution in [2.24, 2.45) is 11.7 Å². The third kappa shape index (κ3) is 3.60. The van der Waals surface area contributed by atoms with Gasteiger partial charge >= 0.3 is 5.97 Å². The van der Waals surface area contributed by atoms with Crippen LogP contribution in [0.5, 0.6) is 0 Å². The van der Waals surface area contributed by atoms with E-state index < -0.39 is 12.0 Å². The van der Waals surface area contributed by atoms with Crippen molar-refractivity contribution in [2.45, 2.75) is 59.4 Å². The van der Waals surface area contributed by atoms with Crippen molar-refractivity contribution in [1.29, 1.82) is 0 Å². The van der Waals surface area contributed by atoms with Gasteiger partial charge in [0, 0.05) is 0 Å². The minimum Gasteiger partial charge on any atom is -0.480 e. The largest absolute Gasteiger partial charge is 0.480 e.